The Morgan fingerprint density at radius 1 is 1.19 bits per heavy atom. The molecule has 3 aliphatic rings. The molecule has 1 amide bonds. The van der Waals surface area contributed by atoms with Gasteiger partial charge in [0.1, 0.15) is 0 Å². The van der Waals surface area contributed by atoms with E-state index in [0.717, 1.165) is 80.7 Å². The predicted octanol–water partition coefficient (Wildman–Crippen LogP) is 2.44. The SMILES string of the molecule is O=C(C1CC1)N1CCCCC1c1cc2nc3c(c(=O)n2[nH]1)CN(Cc1cccnc1)CC3. The zero-order valence-electron chi connectivity index (χ0n) is 18.2. The fraction of sp³-hybridized carbons (Fsp3) is 0.500. The number of piperidine rings is 1. The molecule has 2 aliphatic heterocycles. The highest BCUT2D eigenvalue weighted by Crippen LogP contribution is 2.37. The maximum Gasteiger partial charge on any atom is 0.277 e. The van der Waals surface area contributed by atoms with Crippen molar-refractivity contribution >= 4 is 11.6 Å². The molecule has 0 spiro atoms. The van der Waals surface area contributed by atoms with E-state index < -0.39 is 0 Å². The highest BCUT2D eigenvalue weighted by molar-refractivity contribution is 5.81. The second kappa shape index (κ2) is 7.85. The van der Waals surface area contributed by atoms with Crippen molar-refractivity contribution in [3.05, 3.63) is 63.5 Å². The number of hydrogen-bond acceptors (Lipinski definition) is 5. The third-order valence-electron chi connectivity index (χ3n) is 7.06. The van der Waals surface area contributed by atoms with Crippen LogP contribution in [0.15, 0.2) is 35.4 Å². The summed E-state index contributed by atoms with van der Waals surface area (Å²) in [6.07, 6.45) is 9.51. The van der Waals surface area contributed by atoms with Crippen molar-refractivity contribution in [2.45, 2.75) is 57.7 Å². The van der Waals surface area contributed by atoms with Crippen molar-refractivity contribution in [3.8, 4) is 0 Å². The largest absolute Gasteiger partial charge is 0.334 e. The lowest BCUT2D eigenvalue weighted by molar-refractivity contribution is -0.136. The van der Waals surface area contributed by atoms with Gasteiger partial charge in [-0.1, -0.05) is 6.07 Å². The highest BCUT2D eigenvalue weighted by Gasteiger charge is 2.38. The fourth-order valence-corrected chi connectivity index (χ4v) is 5.19. The van der Waals surface area contributed by atoms with Gasteiger partial charge in [-0.25, -0.2) is 9.50 Å². The number of pyridine rings is 1. The number of amides is 1. The molecular formula is C24H28N6O2. The molecular weight excluding hydrogens is 404 g/mol. The molecule has 1 saturated carbocycles. The van der Waals surface area contributed by atoms with E-state index in [4.69, 9.17) is 4.98 Å². The van der Waals surface area contributed by atoms with Gasteiger partial charge in [0.2, 0.25) is 5.91 Å². The Hall–Kier alpha value is -3.00. The number of aromatic amines is 1. The summed E-state index contributed by atoms with van der Waals surface area (Å²) in [5.74, 6) is 0.484. The smallest absolute Gasteiger partial charge is 0.277 e. The van der Waals surface area contributed by atoms with Crippen LogP contribution in [0.1, 0.15) is 60.7 Å². The summed E-state index contributed by atoms with van der Waals surface area (Å²) < 4.78 is 1.58. The number of nitrogens with one attached hydrogen (secondary N) is 1. The van der Waals surface area contributed by atoms with Gasteiger partial charge in [-0.05, 0) is 43.7 Å². The molecule has 1 saturated heterocycles. The summed E-state index contributed by atoms with van der Waals surface area (Å²) >= 11 is 0. The van der Waals surface area contributed by atoms with Crippen LogP contribution in [-0.4, -0.2) is 48.4 Å². The molecule has 5 heterocycles. The van der Waals surface area contributed by atoms with Gasteiger partial charge in [0, 0.05) is 57.0 Å². The Labute approximate surface area is 186 Å². The van der Waals surface area contributed by atoms with Gasteiger partial charge in [-0.15, -0.1) is 0 Å². The van der Waals surface area contributed by atoms with Crippen molar-refractivity contribution in [3.63, 3.8) is 0 Å². The van der Waals surface area contributed by atoms with Crippen LogP contribution in [-0.2, 0) is 24.3 Å². The molecule has 3 aromatic heterocycles. The summed E-state index contributed by atoms with van der Waals surface area (Å²) in [6, 6.07) is 5.99. The van der Waals surface area contributed by atoms with Gasteiger partial charge in [0.05, 0.1) is 23.0 Å². The van der Waals surface area contributed by atoms with Crippen LogP contribution in [0.5, 0.6) is 0 Å². The monoisotopic (exact) mass is 432 g/mol. The van der Waals surface area contributed by atoms with E-state index in [1.807, 2.05) is 23.2 Å². The topological polar surface area (TPSA) is 86.6 Å². The predicted molar refractivity (Wildman–Crippen MR) is 119 cm³/mol. The van der Waals surface area contributed by atoms with E-state index >= 15 is 0 Å². The van der Waals surface area contributed by atoms with Crippen LogP contribution in [0.3, 0.4) is 0 Å². The van der Waals surface area contributed by atoms with Gasteiger partial charge >= 0.3 is 0 Å². The first-order valence-electron chi connectivity index (χ1n) is 11.7. The lowest BCUT2D eigenvalue weighted by Gasteiger charge is -2.35. The van der Waals surface area contributed by atoms with Crippen molar-refractivity contribution in [1.82, 2.24) is 29.4 Å². The number of likely N-dealkylation sites (tertiary alicyclic amines) is 1. The molecule has 0 aromatic carbocycles. The third kappa shape index (κ3) is 3.52. The van der Waals surface area contributed by atoms with E-state index in [0.29, 0.717) is 12.2 Å². The average Bonchev–Trinajstić information content (AvgIpc) is 3.59. The van der Waals surface area contributed by atoms with Gasteiger partial charge in [-0.2, -0.15) is 0 Å². The highest BCUT2D eigenvalue weighted by atomic mass is 16.2. The first kappa shape index (κ1) is 19.7. The molecule has 8 heteroatoms. The zero-order valence-corrected chi connectivity index (χ0v) is 18.2. The number of hydrogen-bond donors (Lipinski definition) is 1. The minimum Gasteiger partial charge on any atom is -0.334 e. The van der Waals surface area contributed by atoms with Gasteiger partial charge < -0.3 is 4.90 Å². The minimum absolute atomic E-state index is 0.0112. The summed E-state index contributed by atoms with van der Waals surface area (Å²) in [5.41, 5.74) is 4.37. The van der Waals surface area contributed by atoms with Crippen LogP contribution in [0.25, 0.3) is 5.65 Å². The molecule has 0 bridgehead atoms. The van der Waals surface area contributed by atoms with Crippen LogP contribution >= 0.6 is 0 Å². The molecule has 8 nitrogen and oxygen atoms in total. The number of rotatable bonds is 4. The molecule has 6 rings (SSSR count). The van der Waals surface area contributed by atoms with Gasteiger partial charge in [-0.3, -0.25) is 24.6 Å². The number of carbonyl (C=O) groups excluding carboxylic acids is 1. The lowest BCUT2D eigenvalue weighted by atomic mass is 9.98. The van der Waals surface area contributed by atoms with Crippen LogP contribution < -0.4 is 5.56 Å². The number of carbonyl (C=O) groups is 1. The maximum absolute atomic E-state index is 13.4. The Morgan fingerprint density at radius 2 is 2.09 bits per heavy atom. The van der Waals surface area contributed by atoms with Crippen molar-refractivity contribution in [2.75, 3.05) is 13.1 Å². The third-order valence-corrected chi connectivity index (χ3v) is 7.06. The van der Waals surface area contributed by atoms with Gasteiger partial charge in [0.25, 0.3) is 5.56 Å². The standard InChI is InChI=1S/C24H28N6O2/c31-23(17-6-7-17)29-10-2-1-5-21(29)20-12-22-26-19-8-11-28(14-16-4-3-9-25-13-16)15-18(19)24(32)30(22)27-20/h3-4,9,12-13,17,21,27H,1-2,5-8,10-11,14-15H2. The number of H-pyrrole nitrogens is 1. The average molecular weight is 433 g/mol. The van der Waals surface area contributed by atoms with Crippen LogP contribution in [0, 0.1) is 5.92 Å². The summed E-state index contributed by atoms with van der Waals surface area (Å²) in [7, 11) is 0. The zero-order chi connectivity index (χ0) is 21.7. The minimum atomic E-state index is -0.0250. The molecule has 3 aromatic rings. The van der Waals surface area contributed by atoms with Gasteiger partial charge in [0.15, 0.2) is 5.65 Å². The summed E-state index contributed by atoms with van der Waals surface area (Å²) in [5, 5.41) is 3.31. The maximum atomic E-state index is 13.4. The molecule has 32 heavy (non-hydrogen) atoms. The summed E-state index contributed by atoms with van der Waals surface area (Å²) in [4.78, 5) is 39.6. The number of nitrogens with zero attached hydrogens (tertiary/aromatic N) is 5. The number of fused-ring (bicyclic) bond motifs is 2. The normalized spacial score (nSPS) is 21.6. The first-order valence-corrected chi connectivity index (χ1v) is 11.7. The molecule has 1 atom stereocenters. The molecule has 2 fully saturated rings. The van der Waals surface area contributed by atoms with E-state index in [9.17, 15) is 9.59 Å². The Kier molecular flexibility index (Phi) is 4.82. The van der Waals surface area contributed by atoms with Crippen molar-refractivity contribution in [1.29, 1.82) is 0 Å². The van der Waals surface area contributed by atoms with E-state index in [1.54, 1.807) is 10.7 Å². The second-order valence-corrected chi connectivity index (χ2v) is 9.39. The summed E-state index contributed by atoms with van der Waals surface area (Å²) in [6.45, 7) is 3.03. The lowest BCUT2D eigenvalue weighted by Crippen LogP contribution is -2.39. The first-order chi connectivity index (χ1) is 15.7. The number of aromatic nitrogens is 4. The Morgan fingerprint density at radius 3 is 2.91 bits per heavy atom. The molecule has 1 unspecified atom stereocenters. The molecule has 1 N–H and O–H groups in total. The van der Waals surface area contributed by atoms with Crippen molar-refractivity contribution < 1.29 is 4.79 Å². The molecule has 166 valence electrons. The molecule has 0 radical (unpaired) electrons. The second-order valence-electron chi connectivity index (χ2n) is 9.39. The van der Waals surface area contributed by atoms with Crippen LogP contribution in [0.2, 0.25) is 0 Å². The molecule has 1 aliphatic carbocycles. The van der Waals surface area contributed by atoms with E-state index in [2.05, 4.69) is 21.0 Å². The van der Waals surface area contributed by atoms with E-state index in [1.165, 1.54) is 0 Å². The van der Waals surface area contributed by atoms with Crippen molar-refractivity contribution in [2.24, 2.45) is 5.92 Å². The van der Waals surface area contributed by atoms with E-state index in [-0.39, 0.29) is 23.4 Å². The Balaban J connectivity index is 1.30. The Bertz CT molecular complexity index is 1210. The quantitative estimate of drug-likeness (QED) is 0.684. The fourth-order valence-electron chi connectivity index (χ4n) is 5.19. The van der Waals surface area contributed by atoms with Crippen LogP contribution in [0.4, 0.5) is 0 Å².